The van der Waals surface area contributed by atoms with E-state index in [1.54, 1.807) is 10.9 Å². The molecule has 1 amide bonds. The van der Waals surface area contributed by atoms with E-state index in [0.29, 0.717) is 29.8 Å². The smallest absolute Gasteiger partial charge is 0.274 e. The maximum atomic E-state index is 12.2. The Balaban J connectivity index is 2.05. The van der Waals surface area contributed by atoms with Gasteiger partial charge in [-0.3, -0.25) is 9.48 Å². The Labute approximate surface area is 114 Å². The second kappa shape index (κ2) is 5.63. The van der Waals surface area contributed by atoms with Gasteiger partial charge in [0.1, 0.15) is 0 Å². The minimum absolute atomic E-state index is 0.143. The lowest BCUT2D eigenvalue weighted by atomic mass is 9.78. The van der Waals surface area contributed by atoms with Crippen molar-refractivity contribution in [2.45, 2.75) is 52.6 Å². The van der Waals surface area contributed by atoms with E-state index in [0.717, 1.165) is 6.42 Å². The van der Waals surface area contributed by atoms with Crippen molar-refractivity contribution in [1.82, 2.24) is 15.1 Å². The summed E-state index contributed by atoms with van der Waals surface area (Å²) < 4.78 is 1.69. The van der Waals surface area contributed by atoms with Crippen LogP contribution in [0.4, 0.5) is 5.69 Å². The standard InChI is InChI=1S/C14H24N4O/c1-4-18-8-11(15)13(17-18)14(19)16-12-7-5-6-9(2)10(12)3/h8-10,12H,4-7,15H2,1-3H3,(H,16,19). The predicted octanol–water partition coefficient (Wildman–Crippen LogP) is 2.04. The van der Waals surface area contributed by atoms with Crippen LogP contribution in [0.15, 0.2) is 6.20 Å². The highest BCUT2D eigenvalue weighted by Crippen LogP contribution is 2.29. The number of aromatic nitrogens is 2. The maximum absolute atomic E-state index is 12.2. The molecule has 3 N–H and O–H groups in total. The van der Waals surface area contributed by atoms with Crippen LogP contribution in [0.1, 0.15) is 50.5 Å². The largest absolute Gasteiger partial charge is 0.396 e. The van der Waals surface area contributed by atoms with Gasteiger partial charge in [0.15, 0.2) is 5.69 Å². The topological polar surface area (TPSA) is 72.9 Å². The van der Waals surface area contributed by atoms with Gasteiger partial charge in [0, 0.05) is 18.8 Å². The van der Waals surface area contributed by atoms with Gasteiger partial charge in [0.25, 0.3) is 5.91 Å². The van der Waals surface area contributed by atoms with Crippen LogP contribution in [0.3, 0.4) is 0 Å². The number of carbonyl (C=O) groups excluding carboxylic acids is 1. The molecule has 19 heavy (non-hydrogen) atoms. The average molecular weight is 264 g/mol. The quantitative estimate of drug-likeness (QED) is 0.877. The lowest BCUT2D eigenvalue weighted by Crippen LogP contribution is -2.44. The van der Waals surface area contributed by atoms with Crippen LogP contribution in [0.25, 0.3) is 0 Å². The number of amides is 1. The predicted molar refractivity (Wildman–Crippen MR) is 75.7 cm³/mol. The maximum Gasteiger partial charge on any atom is 0.274 e. The van der Waals surface area contributed by atoms with Crippen LogP contribution in [0.2, 0.25) is 0 Å². The SMILES string of the molecule is CCn1cc(N)c(C(=O)NC2CCCC(C)C2C)n1. The lowest BCUT2D eigenvalue weighted by Gasteiger charge is -2.34. The van der Waals surface area contributed by atoms with Crippen molar-refractivity contribution in [3.05, 3.63) is 11.9 Å². The first kappa shape index (κ1) is 13.9. The fourth-order valence-electron chi connectivity index (χ4n) is 2.80. The Bertz CT molecular complexity index is 454. The Morgan fingerprint density at radius 1 is 1.53 bits per heavy atom. The molecular weight excluding hydrogens is 240 g/mol. The van der Waals surface area contributed by atoms with E-state index in [9.17, 15) is 4.79 Å². The molecule has 1 heterocycles. The van der Waals surface area contributed by atoms with E-state index in [1.807, 2.05) is 6.92 Å². The molecule has 1 aromatic heterocycles. The number of rotatable bonds is 3. The minimum atomic E-state index is -0.143. The van der Waals surface area contributed by atoms with Crippen molar-refractivity contribution in [1.29, 1.82) is 0 Å². The summed E-state index contributed by atoms with van der Waals surface area (Å²) in [5.41, 5.74) is 6.65. The van der Waals surface area contributed by atoms with Gasteiger partial charge in [0.05, 0.1) is 5.69 Å². The highest BCUT2D eigenvalue weighted by atomic mass is 16.2. The van der Waals surface area contributed by atoms with E-state index in [-0.39, 0.29) is 11.9 Å². The summed E-state index contributed by atoms with van der Waals surface area (Å²) in [5.74, 6) is 1.02. The van der Waals surface area contributed by atoms with Gasteiger partial charge in [-0.1, -0.05) is 26.7 Å². The molecule has 0 saturated heterocycles. The second-order valence-corrected chi connectivity index (χ2v) is 5.64. The Morgan fingerprint density at radius 3 is 2.89 bits per heavy atom. The number of aryl methyl sites for hydroxylation is 1. The first-order valence-corrected chi connectivity index (χ1v) is 7.16. The molecule has 1 aromatic rings. The van der Waals surface area contributed by atoms with Gasteiger partial charge in [0.2, 0.25) is 0 Å². The molecule has 2 rings (SSSR count). The van der Waals surface area contributed by atoms with E-state index >= 15 is 0 Å². The number of nitrogens with two attached hydrogens (primary N) is 1. The molecule has 1 saturated carbocycles. The van der Waals surface area contributed by atoms with E-state index < -0.39 is 0 Å². The van der Waals surface area contributed by atoms with Crippen molar-refractivity contribution < 1.29 is 4.79 Å². The molecule has 0 bridgehead atoms. The van der Waals surface area contributed by atoms with Crippen LogP contribution >= 0.6 is 0 Å². The highest BCUT2D eigenvalue weighted by Gasteiger charge is 2.29. The molecule has 3 atom stereocenters. The number of anilines is 1. The van der Waals surface area contributed by atoms with Gasteiger partial charge in [-0.15, -0.1) is 0 Å². The van der Waals surface area contributed by atoms with Gasteiger partial charge in [-0.05, 0) is 25.2 Å². The molecule has 106 valence electrons. The normalized spacial score (nSPS) is 27.2. The molecule has 1 aliphatic rings. The van der Waals surface area contributed by atoms with E-state index in [2.05, 4.69) is 24.3 Å². The molecule has 0 spiro atoms. The third-order valence-corrected chi connectivity index (χ3v) is 4.35. The fourth-order valence-corrected chi connectivity index (χ4v) is 2.80. The number of hydrogen-bond acceptors (Lipinski definition) is 3. The monoisotopic (exact) mass is 264 g/mol. The van der Waals surface area contributed by atoms with Crippen LogP contribution in [0.5, 0.6) is 0 Å². The van der Waals surface area contributed by atoms with Gasteiger partial charge < -0.3 is 11.1 Å². The summed E-state index contributed by atoms with van der Waals surface area (Å²) in [7, 11) is 0. The summed E-state index contributed by atoms with van der Waals surface area (Å²) >= 11 is 0. The van der Waals surface area contributed by atoms with Crippen molar-refractivity contribution >= 4 is 11.6 Å². The van der Waals surface area contributed by atoms with Crippen molar-refractivity contribution in [3.8, 4) is 0 Å². The molecule has 0 aromatic carbocycles. The summed E-state index contributed by atoms with van der Waals surface area (Å²) in [6.07, 6.45) is 5.18. The van der Waals surface area contributed by atoms with E-state index in [4.69, 9.17) is 5.73 Å². The minimum Gasteiger partial charge on any atom is -0.396 e. The van der Waals surface area contributed by atoms with E-state index in [1.165, 1.54) is 12.8 Å². The number of carbonyl (C=O) groups is 1. The summed E-state index contributed by atoms with van der Waals surface area (Å²) in [4.78, 5) is 12.2. The lowest BCUT2D eigenvalue weighted by molar-refractivity contribution is 0.0886. The molecule has 0 radical (unpaired) electrons. The van der Waals surface area contributed by atoms with Gasteiger partial charge in [-0.25, -0.2) is 0 Å². The van der Waals surface area contributed by atoms with Crippen molar-refractivity contribution in [2.24, 2.45) is 11.8 Å². The summed E-state index contributed by atoms with van der Waals surface area (Å²) in [6, 6.07) is 0.238. The molecule has 5 heteroatoms. The molecular formula is C14H24N4O. The first-order valence-electron chi connectivity index (χ1n) is 7.16. The number of nitrogens with one attached hydrogen (secondary N) is 1. The van der Waals surface area contributed by atoms with Crippen LogP contribution in [0, 0.1) is 11.8 Å². The molecule has 5 nitrogen and oxygen atoms in total. The Morgan fingerprint density at radius 2 is 2.26 bits per heavy atom. The van der Waals surface area contributed by atoms with Crippen LogP contribution in [-0.4, -0.2) is 21.7 Å². The summed E-state index contributed by atoms with van der Waals surface area (Å²) in [6.45, 7) is 7.15. The molecule has 3 unspecified atom stereocenters. The summed E-state index contributed by atoms with van der Waals surface area (Å²) in [5, 5.41) is 7.32. The van der Waals surface area contributed by atoms with Crippen molar-refractivity contribution in [3.63, 3.8) is 0 Å². The Kier molecular flexibility index (Phi) is 4.12. The second-order valence-electron chi connectivity index (χ2n) is 5.64. The van der Waals surface area contributed by atoms with Crippen LogP contribution < -0.4 is 11.1 Å². The Hall–Kier alpha value is -1.52. The average Bonchev–Trinajstić information content (AvgIpc) is 2.76. The first-order chi connectivity index (χ1) is 9.02. The fraction of sp³-hybridized carbons (Fsp3) is 0.714. The number of nitrogen functional groups attached to an aromatic ring is 1. The number of nitrogens with zero attached hydrogens (tertiary/aromatic N) is 2. The molecule has 1 aliphatic carbocycles. The van der Waals surface area contributed by atoms with Crippen molar-refractivity contribution in [2.75, 3.05) is 5.73 Å². The number of hydrogen-bond donors (Lipinski definition) is 2. The zero-order valence-corrected chi connectivity index (χ0v) is 12.0. The van der Waals surface area contributed by atoms with Gasteiger partial charge >= 0.3 is 0 Å². The third-order valence-electron chi connectivity index (χ3n) is 4.35. The van der Waals surface area contributed by atoms with Gasteiger partial charge in [-0.2, -0.15) is 5.10 Å². The third kappa shape index (κ3) is 2.91. The van der Waals surface area contributed by atoms with Crippen LogP contribution in [-0.2, 0) is 6.54 Å². The highest BCUT2D eigenvalue weighted by molar-refractivity contribution is 5.97. The zero-order valence-electron chi connectivity index (χ0n) is 12.0. The zero-order chi connectivity index (χ0) is 14.0. The molecule has 1 fully saturated rings. The molecule has 0 aliphatic heterocycles.